The van der Waals surface area contributed by atoms with E-state index >= 15 is 0 Å². The van der Waals surface area contributed by atoms with Crippen molar-refractivity contribution < 1.29 is 9.59 Å². The molecule has 0 aromatic carbocycles. The zero-order valence-corrected chi connectivity index (χ0v) is 17.6. The number of carbonyl (C=O) groups excluding carboxylic acids is 2. The van der Waals surface area contributed by atoms with E-state index in [1.807, 2.05) is 13.8 Å². The zero-order chi connectivity index (χ0) is 19.7. The van der Waals surface area contributed by atoms with Crippen LogP contribution < -0.4 is 16.0 Å². The lowest BCUT2D eigenvalue weighted by atomic mass is 9.49. The molecule has 1 saturated heterocycles. The highest BCUT2D eigenvalue weighted by Crippen LogP contribution is 2.60. The third-order valence-corrected chi connectivity index (χ3v) is 7.69. The summed E-state index contributed by atoms with van der Waals surface area (Å²) in [6.07, 6.45) is 7.10. The molecule has 3 N–H and O–H groups in total. The maximum absolute atomic E-state index is 13.3. The van der Waals surface area contributed by atoms with Gasteiger partial charge in [0.25, 0.3) is 0 Å². The molecule has 1 aliphatic heterocycles. The molecule has 0 radical (unpaired) electrons. The molecule has 5 fully saturated rings. The average Bonchev–Trinajstić information content (AvgIpc) is 2.65. The van der Waals surface area contributed by atoms with Crippen molar-refractivity contribution in [3.8, 4) is 0 Å². The molecular weight excluding hydrogens is 352 g/mol. The Morgan fingerprint density at radius 1 is 1.04 bits per heavy atom. The Hall–Kier alpha value is -1.14. The fraction of sp³-hybridized carbons (Fsp3) is 0.909. The fourth-order valence-electron chi connectivity index (χ4n) is 6.60. The van der Waals surface area contributed by atoms with Crippen molar-refractivity contribution in [3.63, 3.8) is 0 Å². The van der Waals surface area contributed by atoms with Gasteiger partial charge in [0.15, 0.2) is 0 Å². The molecule has 6 nitrogen and oxygen atoms in total. The zero-order valence-electron chi connectivity index (χ0n) is 17.6. The monoisotopic (exact) mass is 390 g/mol. The number of amides is 2. The number of rotatable bonds is 7. The van der Waals surface area contributed by atoms with Crippen LogP contribution in [0.25, 0.3) is 0 Å². The number of piperazine rings is 1. The Morgan fingerprint density at radius 2 is 1.61 bits per heavy atom. The van der Waals surface area contributed by atoms with Gasteiger partial charge >= 0.3 is 0 Å². The predicted octanol–water partition coefficient (Wildman–Crippen LogP) is 1.37. The Kier molecular flexibility index (Phi) is 5.98. The summed E-state index contributed by atoms with van der Waals surface area (Å²) < 4.78 is 0. The molecule has 4 bridgehead atoms. The smallest absolute Gasteiger partial charge is 0.242 e. The first-order valence-corrected chi connectivity index (χ1v) is 11.5. The normalized spacial score (nSPS) is 35.8. The summed E-state index contributed by atoms with van der Waals surface area (Å²) in [4.78, 5) is 28.5. The van der Waals surface area contributed by atoms with Crippen molar-refractivity contribution in [1.29, 1.82) is 0 Å². The van der Waals surface area contributed by atoms with Crippen molar-refractivity contribution >= 4 is 11.8 Å². The molecule has 158 valence electrons. The number of hydrogen-bond acceptors (Lipinski definition) is 4. The standard InChI is InChI=1S/C22H38N4O2/c1-15(2)19(20(27)24-5-8-26-6-3-23-4-7-26)25-21(28)22-12-16-9-17(13-22)11-18(10-16)14-22/h15-19,23H,3-14H2,1-2H3,(H,24,27)(H,25,28). The molecule has 28 heavy (non-hydrogen) atoms. The van der Waals surface area contributed by atoms with Gasteiger partial charge < -0.3 is 16.0 Å². The van der Waals surface area contributed by atoms with E-state index < -0.39 is 6.04 Å². The van der Waals surface area contributed by atoms with Crippen LogP contribution in [0.5, 0.6) is 0 Å². The van der Waals surface area contributed by atoms with E-state index in [-0.39, 0.29) is 23.1 Å². The highest BCUT2D eigenvalue weighted by atomic mass is 16.2. The Morgan fingerprint density at radius 3 is 2.14 bits per heavy atom. The summed E-state index contributed by atoms with van der Waals surface area (Å²) in [6, 6.07) is -0.427. The van der Waals surface area contributed by atoms with Crippen LogP contribution in [0.4, 0.5) is 0 Å². The van der Waals surface area contributed by atoms with Crippen LogP contribution in [0.15, 0.2) is 0 Å². The van der Waals surface area contributed by atoms with Crippen LogP contribution in [0.1, 0.15) is 52.4 Å². The lowest BCUT2D eigenvalue weighted by molar-refractivity contribution is -0.149. The molecule has 1 heterocycles. The molecule has 0 aromatic heterocycles. The van der Waals surface area contributed by atoms with Crippen molar-refractivity contribution in [2.45, 2.75) is 58.4 Å². The van der Waals surface area contributed by atoms with Crippen molar-refractivity contribution in [3.05, 3.63) is 0 Å². The van der Waals surface area contributed by atoms with Gasteiger partial charge in [-0.2, -0.15) is 0 Å². The number of hydrogen-bond donors (Lipinski definition) is 3. The van der Waals surface area contributed by atoms with E-state index in [2.05, 4.69) is 20.9 Å². The van der Waals surface area contributed by atoms with E-state index in [1.54, 1.807) is 0 Å². The molecule has 5 aliphatic rings. The van der Waals surface area contributed by atoms with E-state index in [0.29, 0.717) is 6.54 Å². The second-order valence-electron chi connectivity index (χ2n) is 10.3. The quantitative estimate of drug-likeness (QED) is 0.614. The molecule has 4 saturated carbocycles. The van der Waals surface area contributed by atoms with E-state index in [9.17, 15) is 9.59 Å². The number of carbonyl (C=O) groups is 2. The van der Waals surface area contributed by atoms with Crippen LogP contribution in [-0.4, -0.2) is 62.0 Å². The van der Waals surface area contributed by atoms with Gasteiger partial charge in [-0.1, -0.05) is 13.8 Å². The van der Waals surface area contributed by atoms with Gasteiger partial charge in [-0.25, -0.2) is 0 Å². The summed E-state index contributed by atoms with van der Waals surface area (Å²) in [5.41, 5.74) is -0.191. The van der Waals surface area contributed by atoms with Crippen molar-refractivity contribution in [2.24, 2.45) is 29.1 Å². The van der Waals surface area contributed by atoms with Gasteiger partial charge in [0, 0.05) is 44.7 Å². The summed E-state index contributed by atoms with van der Waals surface area (Å²) in [5.74, 6) is 2.44. The maximum atomic E-state index is 13.3. The van der Waals surface area contributed by atoms with Crippen LogP contribution in [0.2, 0.25) is 0 Å². The molecule has 6 heteroatoms. The third-order valence-electron chi connectivity index (χ3n) is 7.69. The predicted molar refractivity (Wildman–Crippen MR) is 110 cm³/mol. The third kappa shape index (κ3) is 4.23. The summed E-state index contributed by atoms with van der Waals surface area (Å²) in [5, 5.41) is 9.61. The van der Waals surface area contributed by atoms with Crippen molar-refractivity contribution in [2.75, 3.05) is 39.3 Å². The van der Waals surface area contributed by atoms with Gasteiger partial charge in [-0.05, 0) is 62.2 Å². The first kappa shape index (κ1) is 20.1. The Labute approximate surface area is 169 Å². The first-order chi connectivity index (χ1) is 13.4. The lowest BCUT2D eigenvalue weighted by Crippen LogP contribution is -2.58. The summed E-state index contributed by atoms with van der Waals surface area (Å²) in [7, 11) is 0. The van der Waals surface area contributed by atoms with E-state index in [0.717, 1.165) is 69.7 Å². The molecule has 1 atom stereocenters. The average molecular weight is 391 g/mol. The topological polar surface area (TPSA) is 73.5 Å². The highest BCUT2D eigenvalue weighted by Gasteiger charge is 2.55. The molecule has 4 aliphatic carbocycles. The SMILES string of the molecule is CC(C)C(NC(=O)C12CC3CC(CC(C3)C1)C2)C(=O)NCCN1CCNCC1. The Balaban J connectivity index is 1.31. The second-order valence-corrected chi connectivity index (χ2v) is 10.3. The fourth-order valence-corrected chi connectivity index (χ4v) is 6.60. The van der Waals surface area contributed by atoms with Gasteiger partial charge in [0.2, 0.25) is 11.8 Å². The van der Waals surface area contributed by atoms with Crippen LogP contribution >= 0.6 is 0 Å². The number of nitrogens with zero attached hydrogens (tertiary/aromatic N) is 1. The maximum Gasteiger partial charge on any atom is 0.242 e. The Bertz CT molecular complexity index is 550. The first-order valence-electron chi connectivity index (χ1n) is 11.5. The number of nitrogens with one attached hydrogen (secondary N) is 3. The minimum Gasteiger partial charge on any atom is -0.353 e. The minimum absolute atomic E-state index is 0.0248. The largest absolute Gasteiger partial charge is 0.353 e. The second kappa shape index (κ2) is 8.31. The molecule has 0 aromatic rings. The molecule has 5 rings (SSSR count). The molecular formula is C22H38N4O2. The summed E-state index contributed by atoms with van der Waals surface area (Å²) in [6.45, 7) is 9.68. The van der Waals surface area contributed by atoms with Gasteiger partial charge in [-0.15, -0.1) is 0 Å². The van der Waals surface area contributed by atoms with Gasteiger partial charge in [0.1, 0.15) is 6.04 Å². The van der Waals surface area contributed by atoms with Gasteiger partial charge in [0.05, 0.1) is 0 Å². The molecule has 1 unspecified atom stereocenters. The highest BCUT2D eigenvalue weighted by molar-refractivity contribution is 5.90. The summed E-state index contributed by atoms with van der Waals surface area (Å²) >= 11 is 0. The van der Waals surface area contributed by atoms with E-state index in [4.69, 9.17) is 0 Å². The molecule has 2 amide bonds. The molecule has 0 spiro atoms. The van der Waals surface area contributed by atoms with Crippen molar-refractivity contribution in [1.82, 2.24) is 20.9 Å². The van der Waals surface area contributed by atoms with Gasteiger partial charge in [-0.3, -0.25) is 14.5 Å². The van der Waals surface area contributed by atoms with Crippen LogP contribution in [-0.2, 0) is 9.59 Å². The van der Waals surface area contributed by atoms with Crippen LogP contribution in [0, 0.1) is 29.1 Å². The lowest BCUT2D eigenvalue weighted by Gasteiger charge is -2.55. The minimum atomic E-state index is -0.427. The van der Waals surface area contributed by atoms with Crippen LogP contribution in [0.3, 0.4) is 0 Å². The van der Waals surface area contributed by atoms with E-state index in [1.165, 1.54) is 19.3 Å².